The number of ether oxygens (including phenoxy) is 1. The van der Waals surface area contributed by atoms with Crippen molar-refractivity contribution in [3.05, 3.63) is 42.0 Å². The van der Waals surface area contributed by atoms with Crippen LogP contribution in [0.2, 0.25) is 0 Å². The van der Waals surface area contributed by atoms with Crippen LogP contribution >= 0.6 is 0 Å². The summed E-state index contributed by atoms with van der Waals surface area (Å²) < 4.78 is 5.06. The maximum atomic E-state index is 12.3. The molecule has 2 amide bonds. The second-order valence-corrected chi connectivity index (χ2v) is 6.54. The van der Waals surface area contributed by atoms with Gasteiger partial charge in [0.25, 0.3) is 0 Å². The Morgan fingerprint density at radius 2 is 1.68 bits per heavy atom. The lowest BCUT2D eigenvalue weighted by molar-refractivity contribution is -0.137. The lowest BCUT2D eigenvalue weighted by atomic mass is 10.1. The van der Waals surface area contributed by atoms with Crippen molar-refractivity contribution in [2.45, 2.75) is 25.7 Å². The monoisotopic (exact) mass is 382 g/mol. The first-order valence-electron chi connectivity index (χ1n) is 9.41. The first-order valence-corrected chi connectivity index (χ1v) is 9.41. The quantitative estimate of drug-likeness (QED) is 0.299. The van der Waals surface area contributed by atoms with E-state index in [1.807, 2.05) is 0 Å². The van der Waals surface area contributed by atoms with Crippen LogP contribution in [0.1, 0.15) is 36.0 Å². The number of nitrogens with zero attached hydrogens (tertiary/aromatic N) is 2. The number of allylic oxidation sites excluding steroid dienone is 1. The molecule has 1 aliphatic rings. The number of terminal acetylenes is 1. The van der Waals surface area contributed by atoms with Crippen LogP contribution in [0.3, 0.4) is 0 Å². The third kappa shape index (κ3) is 6.27. The molecule has 0 aliphatic carbocycles. The number of ketones is 1. The molecule has 6 heteroatoms. The Hall–Kier alpha value is -3.07. The molecule has 0 saturated carbocycles. The largest absolute Gasteiger partial charge is 0.497 e. The van der Waals surface area contributed by atoms with Crippen molar-refractivity contribution in [1.29, 1.82) is 0 Å². The van der Waals surface area contributed by atoms with Gasteiger partial charge in [-0.15, -0.1) is 12.3 Å². The SMILES string of the molecule is C#CCCCCC(=O)N1CCN(C(=O)/C=C/C(=O)c2ccc(OC)cc2)CC1. The van der Waals surface area contributed by atoms with Gasteiger partial charge in [-0.3, -0.25) is 14.4 Å². The highest BCUT2D eigenvalue weighted by atomic mass is 16.5. The summed E-state index contributed by atoms with van der Waals surface area (Å²) in [6, 6.07) is 6.71. The summed E-state index contributed by atoms with van der Waals surface area (Å²) in [4.78, 5) is 40.1. The van der Waals surface area contributed by atoms with Gasteiger partial charge in [0.1, 0.15) is 5.75 Å². The number of carbonyl (C=O) groups excluding carboxylic acids is 3. The van der Waals surface area contributed by atoms with Gasteiger partial charge in [0, 0.05) is 50.7 Å². The fourth-order valence-electron chi connectivity index (χ4n) is 2.94. The van der Waals surface area contributed by atoms with Gasteiger partial charge in [0.2, 0.25) is 11.8 Å². The summed E-state index contributed by atoms with van der Waals surface area (Å²) in [5.41, 5.74) is 0.491. The summed E-state index contributed by atoms with van der Waals surface area (Å²) in [6.45, 7) is 1.96. The molecular weight excluding hydrogens is 356 g/mol. The van der Waals surface area contributed by atoms with E-state index in [4.69, 9.17) is 11.2 Å². The van der Waals surface area contributed by atoms with Gasteiger partial charge < -0.3 is 14.5 Å². The smallest absolute Gasteiger partial charge is 0.246 e. The first-order chi connectivity index (χ1) is 13.5. The minimum Gasteiger partial charge on any atom is -0.497 e. The van der Waals surface area contributed by atoms with Gasteiger partial charge in [0.15, 0.2) is 5.78 Å². The van der Waals surface area contributed by atoms with Crippen LogP contribution in [-0.4, -0.2) is 60.7 Å². The van der Waals surface area contributed by atoms with Crippen molar-refractivity contribution in [3.8, 4) is 18.1 Å². The summed E-state index contributed by atoms with van der Waals surface area (Å²) in [6.07, 6.45) is 10.6. The van der Waals surface area contributed by atoms with Crippen molar-refractivity contribution in [3.63, 3.8) is 0 Å². The minimum absolute atomic E-state index is 0.106. The highest BCUT2D eigenvalue weighted by Crippen LogP contribution is 2.12. The Morgan fingerprint density at radius 1 is 1.04 bits per heavy atom. The van der Waals surface area contributed by atoms with E-state index in [1.165, 1.54) is 12.2 Å². The highest BCUT2D eigenvalue weighted by Gasteiger charge is 2.22. The Labute approximate surface area is 166 Å². The maximum absolute atomic E-state index is 12.3. The normalized spacial score (nSPS) is 14.0. The Bertz CT molecular complexity index is 754. The number of amides is 2. The topological polar surface area (TPSA) is 66.9 Å². The van der Waals surface area contributed by atoms with E-state index in [-0.39, 0.29) is 17.6 Å². The number of hydrogen-bond acceptors (Lipinski definition) is 4. The zero-order chi connectivity index (χ0) is 20.4. The summed E-state index contributed by atoms with van der Waals surface area (Å²) >= 11 is 0. The standard InChI is InChI=1S/C22H26N2O4/c1-3-4-5-6-7-21(26)23-14-16-24(17-15-23)22(27)13-12-20(25)18-8-10-19(28-2)11-9-18/h1,8-13H,4-7,14-17H2,2H3/b13-12+. The van der Waals surface area contributed by atoms with E-state index >= 15 is 0 Å². The molecule has 0 N–H and O–H groups in total. The van der Waals surface area contributed by atoms with Gasteiger partial charge in [-0.2, -0.15) is 0 Å². The number of rotatable bonds is 8. The average Bonchev–Trinajstić information content (AvgIpc) is 2.74. The molecule has 0 aromatic heterocycles. The molecule has 1 aliphatic heterocycles. The summed E-state index contributed by atoms with van der Waals surface area (Å²) in [5.74, 6) is 2.88. The highest BCUT2D eigenvalue weighted by molar-refractivity contribution is 6.07. The third-order valence-electron chi connectivity index (χ3n) is 4.66. The number of carbonyl (C=O) groups is 3. The van der Waals surface area contributed by atoms with Crippen LogP contribution in [0.5, 0.6) is 5.75 Å². The van der Waals surface area contributed by atoms with Gasteiger partial charge in [0.05, 0.1) is 7.11 Å². The van der Waals surface area contributed by atoms with Crippen LogP contribution < -0.4 is 4.74 Å². The van der Waals surface area contributed by atoms with Crippen LogP contribution in [0.15, 0.2) is 36.4 Å². The molecule has 1 aromatic carbocycles. The number of hydrogen-bond donors (Lipinski definition) is 0. The molecule has 0 spiro atoms. The molecule has 148 valence electrons. The number of piperazine rings is 1. The van der Waals surface area contributed by atoms with Crippen LogP contribution in [0.4, 0.5) is 0 Å². The van der Waals surface area contributed by atoms with Gasteiger partial charge >= 0.3 is 0 Å². The number of unbranched alkanes of at least 4 members (excludes halogenated alkanes) is 2. The first kappa shape index (κ1) is 21.2. The molecule has 2 rings (SSSR count). The molecule has 0 radical (unpaired) electrons. The van der Waals surface area contributed by atoms with E-state index in [2.05, 4.69) is 5.92 Å². The minimum atomic E-state index is -0.239. The van der Waals surface area contributed by atoms with Gasteiger partial charge in [-0.05, 0) is 43.2 Å². The molecule has 1 aromatic rings. The third-order valence-corrected chi connectivity index (χ3v) is 4.66. The molecule has 0 bridgehead atoms. The lowest BCUT2D eigenvalue weighted by Crippen LogP contribution is -2.50. The van der Waals surface area contributed by atoms with E-state index in [1.54, 1.807) is 41.2 Å². The van der Waals surface area contributed by atoms with Crippen molar-refractivity contribution < 1.29 is 19.1 Å². The summed E-state index contributed by atoms with van der Waals surface area (Å²) in [7, 11) is 1.56. The molecule has 28 heavy (non-hydrogen) atoms. The predicted octanol–water partition coefficient (Wildman–Crippen LogP) is 2.30. The molecule has 0 atom stereocenters. The summed E-state index contributed by atoms with van der Waals surface area (Å²) in [5, 5.41) is 0. The van der Waals surface area contributed by atoms with E-state index < -0.39 is 0 Å². The molecule has 1 heterocycles. The zero-order valence-electron chi connectivity index (χ0n) is 16.2. The van der Waals surface area contributed by atoms with Crippen LogP contribution in [0, 0.1) is 12.3 Å². The Kier molecular flexibility index (Phi) is 8.29. The predicted molar refractivity (Wildman–Crippen MR) is 107 cm³/mol. The van der Waals surface area contributed by atoms with Crippen molar-refractivity contribution >= 4 is 17.6 Å². The zero-order valence-corrected chi connectivity index (χ0v) is 16.2. The molecule has 6 nitrogen and oxygen atoms in total. The van der Waals surface area contributed by atoms with Crippen LogP contribution in [-0.2, 0) is 9.59 Å². The van der Waals surface area contributed by atoms with Crippen molar-refractivity contribution in [2.75, 3.05) is 33.3 Å². The maximum Gasteiger partial charge on any atom is 0.246 e. The second-order valence-electron chi connectivity index (χ2n) is 6.54. The fourth-order valence-corrected chi connectivity index (χ4v) is 2.94. The Morgan fingerprint density at radius 3 is 2.29 bits per heavy atom. The van der Waals surface area contributed by atoms with E-state index in [0.717, 1.165) is 12.8 Å². The van der Waals surface area contributed by atoms with Gasteiger partial charge in [-0.1, -0.05) is 0 Å². The van der Waals surface area contributed by atoms with Crippen molar-refractivity contribution in [1.82, 2.24) is 9.80 Å². The van der Waals surface area contributed by atoms with Crippen molar-refractivity contribution in [2.24, 2.45) is 0 Å². The van der Waals surface area contributed by atoms with Gasteiger partial charge in [-0.25, -0.2) is 0 Å². The Balaban J connectivity index is 1.78. The molecule has 1 fully saturated rings. The van der Waals surface area contributed by atoms with Crippen LogP contribution in [0.25, 0.3) is 0 Å². The lowest BCUT2D eigenvalue weighted by Gasteiger charge is -2.34. The van der Waals surface area contributed by atoms with E-state index in [9.17, 15) is 14.4 Å². The van der Waals surface area contributed by atoms with E-state index in [0.29, 0.717) is 50.3 Å². The average molecular weight is 382 g/mol. The molecule has 1 saturated heterocycles. The second kappa shape index (κ2) is 10.9. The molecule has 0 unspecified atom stereocenters. The number of benzene rings is 1. The number of methoxy groups -OCH3 is 1. The fraction of sp³-hybridized carbons (Fsp3) is 0.409. The molecular formula is C22H26N2O4.